The molecule has 0 saturated carbocycles. The van der Waals surface area contributed by atoms with Gasteiger partial charge in [0.1, 0.15) is 0 Å². The number of amides is 1. The van der Waals surface area contributed by atoms with Crippen LogP contribution < -0.4 is 10.6 Å². The number of anilines is 1. The van der Waals surface area contributed by atoms with Crippen LogP contribution in [-0.2, 0) is 11.0 Å². The lowest BCUT2D eigenvalue weighted by molar-refractivity contribution is -0.137. The largest absolute Gasteiger partial charge is 0.416 e. The van der Waals surface area contributed by atoms with Crippen molar-refractivity contribution < 1.29 is 18.0 Å². The van der Waals surface area contributed by atoms with Crippen molar-refractivity contribution in [1.82, 2.24) is 4.98 Å². The summed E-state index contributed by atoms with van der Waals surface area (Å²) in [6.07, 6.45) is -0.681. The Morgan fingerprint density at radius 3 is 2.83 bits per heavy atom. The Labute approximate surface area is 137 Å². The van der Waals surface area contributed by atoms with Crippen LogP contribution in [0.5, 0.6) is 0 Å². The summed E-state index contributed by atoms with van der Waals surface area (Å²) in [5.41, 5.74) is 5.75. The van der Waals surface area contributed by atoms with Gasteiger partial charge in [-0.1, -0.05) is 6.07 Å². The number of fused-ring (bicyclic) bond motifs is 1. The smallest absolute Gasteiger partial charge is 0.371 e. The highest BCUT2D eigenvalue weighted by atomic mass is 19.4. The molecule has 1 saturated heterocycles. The predicted molar refractivity (Wildman–Crippen MR) is 85.5 cm³/mol. The van der Waals surface area contributed by atoms with Gasteiger partial charge in [-0.15, -0.1) is 0 Å². The monoisotopic (exact) mass is 337 g/mol. The first-order valence-corrected chi connectivity index (χ1v) is 7.84. The number of nitrogens with zero attached hydrogens (tertiary/aromatic N) is 2. The van der Waals surface area contributed by atoms with E-state index in [4.69, 9.17) is 5.73 Å². The number of halogens is 3. The minimum atomic E-state index is -4.39. The number of pyridine rings is 1. The predicted octanol–water partition coefficient (Wildman–Crippen LogP) is 3.35. The highest BCUT2D eigenvalue weighted by molar-refractivity contribution is 5.92. The van der Waals surface area contributed by atoms with E-state index in [2.05, 4.69) is 9.88 Å². The number of rotatable bonds is 3. The Balaban J connectivity index is 1.93. The molecule has 2 heterocycles. The first-order valence-electron chi connectivity index (χ1n) is 7.84. The van der Waals surface area contributed by atoms with Crippen LogP contribution in [0.3, 0.4) is 0 Å². The Morgan fingerprint density at radius 2 is 2.12 bits per heavy atom. The molecule has 1 fully saturated rings. The molecule has 1 unspecified atom stereocenters. The van der Waals surface area contributed by atoms with Gasteiger partial charge < -0.3 is 10.6 Å². The zero-order valence-corrected chi connectivity index (χ0v) is 13.0. The molecule has 4 nitrogen and oxygen atoms in total. The molecule has 2 N–H and O–H groups in total. The van der Waals surface area contributed by atoms with Crippen LogP contribution in [0, 0.1) is 5.92 Å². The highest BCUT2D eigenvalue weighted by Crippen LogP contribution is 2.34. The van der Waals surface area contributed by atoms with Crippen LogP contribution in [0.15, 0.2) is 30.5 Å². The van der Waals surface area contributed by atoms with Crippen molar-refractivity contribution in [1.29, 1.82) is 0 Å². The maximum absolute atomic E-state index is 12.9. The number of piperidine rings is 1. The van der Waals surface area contributed by atoms with Crippen LogP contribution in [0.25, 0.3) is 10.9 Å². The summed E-state index contributed by atoms with van der Waals surface area (Å²) in [5.74, 6) is -0.148. The summed E-state index contributed by atoms with van der Waals surface area (Å²) in [6, 6.07) is 5.43. The molecule has 0 aliphatic carbocycles. The number of alkyl halides is 3. The summed E-state index contributed by atoms with van der Waals surface area (Å²) in [5, 5.41) is 0.685. The van der Waals surface area contributed by atoms with E-state index < -0.39 is 11.7 Å². The third kappa shape index (κ3) is 3.44. The lowest BCUT2D eigenvalue weighted by atomic mass is 9.94. The van der Waals surface area contributed by atoms with Crippen LogP contribution >= 0.6 is 0 Å². The van der Waals surface area contributed by atoms with Gasteiger partial charge in [0.15, 0.2) is 0 Å². The number of aromatic nitrogens is 1. The van der Waals surface area contributed by atoms with Crippen LogP contribution in [0.1, 0.15) is 24.8 Å². The van der Waals surface area contributed by atoms with Crippen molar-refractivity contribution in [3.05, 3.63) is 36.0 Å². The molecule has 7 heteroatoms. The first kappa shape index (κ1) is 16.5. The molecular weight excluding hydrogens is 319 g/mol. The molecule has 24 heavy (non-hydrogen) atoms. The molecule has 1 aliphatic rings. The van der Waals surface area contributed by atoms with Crippen LogP contribution in [0.2, 0.25) is 0 Å². The normalized spacial score (nSPS) is 18.8. The van der Waals surface area contributed by atoms with Gasteiger partial charge in [0.05, 0.1) is 11.1 Å². The van der Waals surface area contributed by atoms with Crippen molar-refractivity contribution in [2.45, 2.75) is 25.4 Å². The first-order chi connectivity index (χ1) is 11.3. The fourth-order valence-corrected chi connectivity index (χ4v) is 3.32. The number of hydrogen-bond acceptors (Lipinski definition) is 3. The summed E-state index contributed by atoms with van der Waals surface area (Å²) < 4.78 is 38.6. The van der Waals surface area contributed by atoms with E-state index in [0.29, 0.717) is 23.9 Å². The second-order valence-electron chi connectivity index (χ2n) is 6.18. The molecule has 0 spiro atoms. The van der Waals surface area contributed by atoms with E-state index in [0.717, 1.165) is 37.2 Å². The molecule has 2 aromatic rings. The van der Waals surface area contributed by atoms with Crippen molar-refractivity contribution in [2.75, 3.05) is 18.0 Å². The minimum Gasteiger partial charge on any atom is -0.371 e. The summed E-state index contributed by atoms with van der Waals surface area (Å²) in [4.78, 5) is 17.3. The molecule has 3 rings (SSSR count). The Hall–Kier alpha value is -2.31. The van der Waals surface area contributed by atoms with Gasteiger partial charge >= 0.3 is 6.18 Å². The number of benzene rings is 1. The van der Waals surface area contributed by atoms with Crippen molar-refractivity contribution in [3.8, 4) is 0 Å². The number of carbonyl (C=O) groups excluding carboxylic acids is 1. The summed E-state index contributed by atoms with van der Waals surface area (Å²) in [6.45, 7) is 1.47. The van der Waals surface area contributed by atoms with Gasteiger partial charge in [0.2, 0.25) is 5.91 Å². The van der Waals surface area contributed by atoms with Gasteiger partial charge in [0.25, 0.3) is 0 Å². The van der Waals surface area contributed by atoms with Crippen molar-refractivity contribution in [3.63, 3.8) is 0 Å². The maximum atomic E-state index is 12.9. The van der Waals surface area contributed by atoms with Gasteiger partial charge in [-0.25, -0.2) is 0 Å². The van der Waals surface area contributed by atoms with E-state index in [9.17, 15) is 18.0 Å². The van der Waals surface area contributed by atoms with Crippen molar-refractivity contribution >= 4 is 22.5 Å². The third-order valence-electron chi connectivity index (χ3n) is 4.40. The van der Waals surface area contributed by atoms with Crippen molar-refractivity contribution in [2.24, 2.45) is 11.7 Å². The Kier molecular flexibility index (Phi) is 4.34. The molecule has 128 valence electrons. The van der Waals surface area contributed by atoms with E-state index in [1.807, 2.05) is 6.07 Å². The minimum absolute atomic E-state index is 0.175. The Morgan fingerprint density at radius 1 is 1.33 bits per heavy atom. The molecule has 1 amide bonds. The number of primary amides is 1. The van der Waals surface area contributed by atoms with Gasteiger partial charge in [-0.2, -0.15) is 13.2 Å². The van der Waals surface area contributed by atoms with Gasteiger partial charge in [-0.05, 0) is 37.0 Å². The fourth-order valence-electron chi connectivity index (χ4n) is 3.32. The molecule has 1 aliphatic heterocycles. The topological polar surface area (TPSA) is 59.2 Å². The standard InChI is InChI=1S/C17H18F3N3O/c18-17(19,20)12-3-4-13-14(9-12)22-6-5-15(13)23-7-1-2-11(10-23)8-16(21)24/h3-6,9,11H,1-2,7-8,10H2,(H2,21,24). The number of nitrogens with two attached hydrogens (primary N) is 1. The average Bonchev–Trinajstić information content (AvgIpc) is 2.52. The summed E-state index contributed by atoms with van der Waals surface area (Å²) in [7, 11) is 0. The maximum Gasteiger partial charge on any atom is 0.416 e. The second-order valence-corrected chi connectivity index (χ2v) is 6.18. The molecule has 1 aromatic carbocycles. The Bertz CT molecular complexity index is 760. The lowest BCUT2D eigenvalue weighted by Crippen LogP contribution is -2.37. The SMILES string of the molecule is NC(=O)CC1CCCN(c2ccnc3cc(C(F)(F)F)ccc23)C1. The zero-order chi connectivity index (χ0) is 17.3. The quantitative estimate of drug-likeness (QED) is 0.934. The molecule has 1 atom stereocenters. The number of hydrogen-bond donors (Lipinski definition) is 1. The summed E-state index contributed by atoms with van der Waals surface area (Å²) >= 11 is 0. The van der Waals surface area contributed by atoms with E-state index in [1.54, 1.807) is 0 Å². The van der Waals surface area contributed by atoms with Crippen LogP contribution in [0.4, 0.5) is 18.9 Å². The zero-order valence-electron chi connectivity index (χ0n) is 13.0. The van der Waals surface area contributed by atoms with E-state index in [1.165, 1.54) is 12.3 Å². The second kappa shape index (κ2) is 6.30. The van der Waals surface area contributed by atoms with Gasteiger partial charge in [-0.3, -0.25) is 9.78 Å². The fraction of sp³-hybridized carbons (Fsp3) is 0.412. The molecule has 0 radical (unpaired) electrons. The van der Waals surface area contributed by atoms with Crippen LogP contribution in [-0.4, -0.2) is 24.0 Å². The lowest BCUT2D eigenvalue weighted by Gasteiger charge is -2.34. The average molecular weight is 337 g/mol. The molecule has 1 aromatic heterocycles. The van der Waals surface area contributed by atoms with Gasteiger partial charge in [0, 0.05) is 36.8 Å². The van der Waals surface area contributed by atoms with E-state index in [-0.39, 0.29) is 11.8 Å². The molecule has 0 bridgehead atoms. The van der Waals surface area contributed by atoms with E-state index >= 15 is 0 Å². The third-order valence-corrected chi connectivity index (χ3v) is 4.40. The molecular formula is C17H18F3N3O. The number of carbonyl (C=O) groups is 1. The highest BCUT2D eigenvalue weighted by Gasteiger charge is 2.31.